The van der Waals surface area contributed by atoms with Gasteiger partial charge < -0.3 is 15.4 Å². The molecule has 0 saturated heterocycles. The van der Waals surface area contributed by atoms with Crippen LogP contribution in [0.2, 0.25) is 0 Å². The first-order valence-electron chi connectivity index (χ1n) is 6.19. The summed E-state index contributed by atoms with van der Waals surface area (Å²) in [6, 6.07) is 5.46. The molecule has 5 nitrogen and oxygen atoms in total. The average molecular weight is 259 g/mol. The molecule has 2 rings (SSSR count). The van der Waals surface area contributed by atoms with Crippen molar-refractivity contribution in [3.8, 4) is 0 Å². The van der Waals surface area contributed by atoms with Gasteiger partial charge in [0, 0.05) is 12.1 Å². The van der Waals surface area contributed by atoms with Crippen molar-refractivity contribution in [3.63, 3.8) is 0 Å². The Balaban J connectivity index is 2.18. The molecule has 100 valence electrons. The second kappa shape index (κ2) is 5.67. The summed E-state index contributed by atoms with van der Waals surface area (Å²) < 4.78 is 0. The van der Waals surface area contributed by atoms with Crippen molar-refractivity contribution in [1.29, 1.82) is 0 Å². The van der Waals surface area contributed by atoms with Crippen LogP contribution >= 0.6 is 0 Å². The van der Waals surface area contributed by atoms with Crippen LogP contribution in [0.15, 0.2) is 24.4 Å². The van der Waals surface area contributed by atoms with E-state index in [2.05, 4.69) is 15.3 Å². The first-order valence-corrected chi connectivity index (χ1v) is 6.19. The fourth-order valence-corrected chi connectivity index (χ4v) is 1.75. The smallest absolute Gasteiger partial charge is 0.273 e. The molecule has 3 N–H and O–H groups in total. The molecule has 1 heterocycles. The van der Waals surface area contributed by atoms with Gasteiger partial charge in [0.1, 0.15) is 11.5 Å². The second-order valence-corrected chi connectivity index (χ2v) is 4.36. The molecule has 0 bridgehead atoms. The molecular formula is C14H17N3O2. The second-order valence-electron chi connectivity index (χ2n) is 4.36. The van der Waals surface area contributed by atoms with E-state index in [1.54, 1.807) is 6.07 Å². The van der Waals surface area contributed by atoms with Crippen LogP contribution in [0.25, 0.3) is 0 Å². The third-order valence-electron chi connectivity index (χ3n) is 2.94. The molecule has 19 heavy (non-hydrogen) atoms. The highest BCUT2D eigenvalue weighted by molar-refractivity contribution is 6.03. The Bertz CT molecular complexity index is 590. The van der Waals surface area contributed by atoms with Gasteiger partial charge in [0.2, 0.25) is 0 Å². The van der Waals surface area contributed by atoms with E-state index in [1.807, 2.05) is 26.0 Å². The number of rotatable bonds is 4. The van der Waals surface area contributed by atoms with Crippen LogP contribution in [0.4, 0.5) is 5.69 Å². The van der Waals surface area contributed by atoms with E-state index in [4.69, 9.17) is 5.11 Å². The molecule has 0 aliphatic heterocycles. The van der Waals surface area contributed by atoms with Gasteiger partial charge in [0.15, 0.2) is 0 Å². The lowest BCUT2D eigenvalue weighted by atomic mass is 10.1. The summed E-state index contributed by atoms with van der Waals surface area (Å²) in [5, 5.41) is 11.9. The van der Waals surface area contributed by atoms with Crippen molar-refractivity contribution in [3.05, 3.63) is 47.0 Å². The first kappa shape index (κ1) is 13.3. The number of hydrogen-bond donors (Lipinski definition) is 3. The van der Waals surface area contributed by atoms with Crippen molar-refractivity contribution in [2.45, 2.75) is 26.9 Å². The van der Waals surface area contributed by atoms with E-state index in [9.17, 15) is 4.79 Å². The zero-order valence-electron chi connectivity index (χ0n) is 11.0. The number of aromatic amines is 1. The lowest BCUT2D eigenvalue weighted by Gasteiger charge is -2.08. The highest BCUT2D eigenvalue weighted by Gasteiger charge is 2.10. The van der Waals surface area contributed by atoms with Crippen LogP contribution in [0.1, 0.15) is 34.4 Å². The number of aryl methyl sites for hydroxylation is 2. The number of nitrogens with one attached hydrogen (secondary N) is 2. The normalized spacial score (nSPS) is 10.5. The number of hydrogen-bond acceptors (Lipinski definition) is 3. The molecule has 0 radical (unpaired) electrons. The average Bonchev–Trinajstić information content (AvgIpc) is 2.90. The number of anilines is 1. The molecule has 0 spiro atoms. The number of carbonyl (C=O) groups is 1. The lowest BCUT2D eigenvalue weighted by Crippen LogP contribution is -2.13. The standard InChI is InChI=1S/C14H17N3O2/c1-3-13-15-7-12(16-13)14(19)17-11-6-10(8-18)5-4-9(11)2/h4-7,18H,3,8H2,1-2H3,(H,15,16)(H,17,19). The molecule has 0 aliphatic carbocycles. The van der Waals surface area contributed by atoms with Gasteiger partial charge in [-0.3, -0.25) is 4.79 Å². The summed E-state index contributed by atoms with van der Waals surface area (Å²) in [5.74, 6) is 0.552. The minimum Gasteiger partial charge on any atom is -0.392 e. The fourth-order valence-electron chi connectivity index (χ4n) is 1.75. The van der Waals surface area contributed by atoms with Crippen molar-refractivity contribution >= 4 is 11.6 Å². The number of H-pyrrole nitrogens is 1. The monoisotopic (exact) mass is 259 g/mol. The van der Waals surface area contributed by atoms with Crippen molar-refractivity contribution in [2.75, 3.05) is 5.32 Å². The highest BCUT2D eigenvalue weighted by Crippen LogP contribution is 2.17. The predicted molar refractivity (Wildman–Crippen MR) is 73.0 cm³/mol. The maximum Gasteiger partial charge on any atom is 0.273 e. The minimum atomic E-state index is -0.231. The van der Waals surface area contributed by atoms with E-state index in [-0.39, 0.29) is 12.5 Å². The third kappa shape index (κ3) is 3.00. The lowest BCUT2D eigenvalue weighted by molar-refractivity contribution is 0.102. The molecule has 1 aromatic heterocycles. The molecule has 0 unspecified atom stereocenters. The van der Waals surface area contributed by atoms with Crippen LogP contribution in [0, 0.1) is 6.92 Å². The summed E-state index contributed by atoms with van der Waals surface area (Å²) in [6.45, 7) is 3.82. The number of imidazole rings is 1. The number of nitrogens with zero attached hydrogens (tertiary/aromatic N) is 1. The van der Waals surface area contributed by atoms with E-state index >= 15 is 0 Å². The quantitative estimate of drug-likeness (QED) is 0.786. The van der Waals surface area contributed by atoms with E-state index < -0.39 is 0 Å². The molecule has 1 aromatic carbocycles. The molecule has 0 atom stereocenters. The molecule has 2 aromatic rings. The summed E-state index contributed by atoms with van der Waals surface area (Å²) >= 11 is 0. The van der Waals surface area contributed by atoms with Crippen LogP contribution < -0.4 is 5.32 Å². The Morgan fingerprint density at radius 2 is 2.26 bits per heavy atom. The summed E-state index contributed by atoms with van der Waals surface area (Å²) in [6.07, 6.45) is 2.28. The summed E-state index contributed by atoms with van der Waals surface area (Å²) in [5.41, 5.74) is 2.84. The number of aromatic nitrogens is 2. The molecule has 5 heteroatoms. The number of carbonyl (C=O) groups excluding carboxylic acids is 1. The van der Waals surface area contributed by atoms with Crippen molar-refractivity contribution in [2.24, 2.45) is 0 Å². The Morgan fingerprint density at radius 1 is 1.47 bits per heavy atom. The molecule has 0 saturated carbocycles. The van der Waals surface area contributed by atoms with E-state index in [0.717, 1.165) is 23.4 Å². The van der Waals surface area contributed by atoms with Crippen LogP contribution in [0.5, 0.6) is 0 Å². The Hall–Kier alpha value is -2.14. The van der Waals surface area contributed by atoms with Crippen LogP contribution in [-0.2, 0) is 13.0 Å². The Kier molecular flexibility index (Phi) is 3.97. The fraction of sp³-hybridized carbons (Fsp3) is 0.286. The summed E-state index contributed by atoms with van der Waals surface area (Å²) in [4.78, 5) is 19.1. The summed E-state index contributed by atoms with van der Waals surface area (Å²) in [7, 11) is 0. The maximum absolute atomic E-state index is 12.1. The van der Waals surface area contributed by atoms with Gasteiger partial charge in [-0.1, -0.05) is 19.1 Å². The molecule has 0 aliphatic rings. The van der Waals surface area contributed by atoms with Gasteiger partial charge in [-0.05, 0) is 24.1 Å². The van der Waals surface area contributed by atoms with Gasteiger partial charge in [-0.15, -0.1) is 0 Å². The minimum absolute atomic E-state index is 0.0484. The Morgan fingerprint density at radius 3 is 2.89 bits per heavy atom. The van der Waals surface area contributed by atoms with Gasteiger partial charge in [0.05, 0.1) is 12.8 Å². The highest BCUT2D eigenvalue weighted by atomic mass is 16.3. The van der Waals surface area contributed by atoms with Gasteiger partial charge in [-0.2, -0.15) is 0 Å². The number of amides is 1. The van der Waals surface area contributed by atoms with Crippen molar-refractivity contribution < 1.29 is 9.90 Å². The predicted octanol–water partition coefficient (Wildman–Crippen LogP) is 2.03. The van der Waals surface area contributed by atoms with E-state index in [1.165, 1.54) is 6.20 Å². The van der Waals surface area contributed by atoms with Gasteiger partial charge in [-0.25, -0.2) is 4.98 Å². The zero-order chi connectivity index (χ0) is 13.8. The van der Waals surface area contributed by atoms with E-state index in [0.29, 0.717) is 11.4 Å². The Labute approximate surface area is 111 Å². The first-order chi connectivity index (χ1) is 9.13. The van der Waals surface area contributed by atoms with Crippen molar-refractivity contribution in [1.82, 2.24) is 9.97 Å². The maximum atomic E-state index is 12.1. The number of aliphatic hydroxyl groups excluding tert-OH is 1. The SMILES string of the molecule is CCc1ncc(C(=O)Nc2cc(CO)ccc2C)[nH]1. The van der Waals surface area contributed by atoms with Crippen LogP contribution in [0.3, 0.4) is 0 Å². The molecular weight excluding hydrogens is 242 g/mol. The molecule has 1 amide bonds. The van der Waals surface area contributed by atoms with Gasteiger partial charge >= 0.3 is 0 Å². The topological polar surface area (TPSA) is 78.0 Å². The molecule has 0 fully saturated rings. The number of aliphatic hydroxyl groups is 1. The largest absolute Gasteiger partial charge is 0.392 e. The zero-order valence-corrected chi connectivity index (χ0v) is 11.0. The van der Waals surface area contributed by atoms with Crippen LogP contribution in [-0.4, -0.2) is 21.0 Å². The number of benzene rings is 1. The van der Waals surface area contributed by atoms with Gasteiger partial charge in [0.25, 0.3) is 5.91 Å². The third-order valence-corrected chi connectivity index (χ3v) is 2.94.